The van der Waals surface area contributed by atoms with Crippen molar-refractivity contribution in [1.29, 1.82) is 0 Å². The third kappa shape index (κ3) is 7.22. The van der Waals surface area contributed by atoms with Crippen molar-refractivity contribution in [2.45, 2.75) is 32.1 Å². The van der Waals surface area contributed by atoms with Crippen LogP contribution in [0.1, 0.15) is 57.5 Å². The number of rotatable bonds is 10. The summed E-state index contributed by atoms with van der Waals surface area (Å²) in [6.07, 6.45) is 4.57. The summed E-state index contributed by atoms with van der Waals surface area (Å²) in [5, 5.41) is 29.1. The van der Waals surface area contributed by atoms with Crippen molar-refractivity contribution in [3.05, 3.63) is 127 Å². The third-order valence-electron chi connectivity index (χ3n) is 8.59. The first kappa shape index (κ1) is 31.2. The molecule has 12 nitrogen and oxygen atoms in total. The van der Waals surface area contributed by atoms with Crippen molar-refractivity contribution in [2.24, 2.45) is 0 Å². The van der Waals surface area contributed by atoms with Crippen LogP contribution in [-0.2, 0) is 6.42 Å². The summed E-state index contributed by atoms with van der Waals surface area (Å²) >= 11 is 0. The van der Waals surface area contributed by atoms with Crippen molar-refractivity contribution in [3.63, 3.8) is 0 Å². The molecule has 4 aromatic rings. The van der Waals surface area contributed by atoms with Gasteiger partial charge in [-0.25, -0.2) is 0 Å². The van der Waals surface area contributed by atoms with Crippen LogP contribution in [0.15, 0.2) is 84.9 Å². The first-order valence-electron chi connectivity index (χ1n) is 15.6. The molecule has 0 radical (unpaired) electrons. The van der Waals surface area contributed by atoms with E-state index in [1.807, 2.05) is 34.1 Å². The SMILES string of the molecule is O=C(Nc1ccc(Cc2ccc(NC(=O)c3ccc(N4CCCC4)c([N+](=O)[O-])c3)cc2)cc1)c1ccc(N2CCCC2)c([N+](=O)[O-])c1. The molecule has 0 saturated carbocycles. The highest BCUT2D eigenvalue weighted by Crippen LogP contribution is 2.33. The molecule has 240 valence electrons. The van der Waals surface area contributed by atoms with Gasteiger partial charge in [0.05, 0.1) is 9.85 Å². The summed E-state index contributed by atoms with van der Waals surface area (Å²) in [6.45, 7) is 3.06. The topological polar surface area (TPSA) is 151 Å². The zero-order chi connectivity index (χ0) is 32.9. The number of carbonyl (C=O) groups is 2. The molecule has 4 aromatic carbocycles. The van der Waals surface area contributed by atoms with Crippen molar-refractivity contribution < 1.29 is 19.4 Å². The van der Waals surface area contributed by atoms with Crippen LogP contribution in [0.4, 0.5) is 34.1 Å². The Labute approximate surface area is 271 Å². The van der Waals surface area contributed by atoms with Gasteiger partial charge < -0.3 is 20.4 Å². The molecule has 2 aliphatic rings. The molecule has 47 heavy (non-hydrogen) atoms. The van der Waals surface area contributed by atoms with Crippen molar-refractivity contribution in [3.8, 4) is 0 Å². The van der Waals surface area contributed by atoms with E-state index in [9.17, 15) is 29.8 Å². The highest BCUT2D eigenvalue weighted by atomic mass is 16.6. The van der Waals surface area contributed by atoms with Gasteiger partial charge in [0.25, 0.3) is 23.2 Å². The summed E-state index contributed by atoms with van der Waals surface area (Å²) in [4.78, 5) is 52.3. The monoisotopic (exact) mass is 634 g/mol. The molecular weight excluding hydrogens is 600 g/mol. The van der Waals surface area contributed by atoms with Crippen LogP contribution in [0, 0.1) is 20.2 Å². The standard InChI is InChI=1S/C35H34N6O6/c42-34(26-9-15-30(32(22-26)40(44)45)38-17-1-2-18-38)36-28-11-5-24(6-12-28)21-25-7-13-29(14-8-25)37-35(43)27-10-16-31(33(23-27)41(46)47)39-19-3-4-20-39/h5-16,22-23H,1-4,17-21H2,(H,36,42)(H,37,43). The first-order valence-corrected chi connectivity index (χ1v) is 15.6. The van der Waals surface area contributed by atoms with E-state index in [2.05, 4.69) is 10.6 Å². The second kappa shape index (κ2) is 13.7. The van der Waals surface area contributed by atoms with Gasteiger partial charge in [0.1, 0.15) is 11.4 Å². The number of nitro benzene ring substituents is 2. The molecule has 2 saturated heterocycles. The lowest BCUT2D eigenvalue weighted by molar-refractivity contribution is -0.384. The number of carbonyl (C=O) groups excluding carboxylic acids is 2. The lowest BCUT2D eigenvalue weighted by atomic mass is 10.0. The van der Waals surface area contributed by atoms with E-state index in [-0.39, 0.29) is 22.5 Å². The molecule has 2 fully saturated rings. The normalized spacial score (nSPS) is 14.2. The Bertz CT molecular complexity index is 1680. The second-order valence-corrected chi connectivity index (χ2v) is 11.8. The fourth-order valence-electron chi connectivity index (χ4n) is 6.13. The molecule has 2 aliphatic heterocycles. The molecule has 0 aromatic heterocycles. The predicted molar refractivity (Wildman–Crippen MR) is 181 cm³/mol. The highest BCUT2D eigenvalue weighted by Gasteiger charge is 2.25. The van der Waals surface area contributed by atoms with Gasteiger partial charge in [-0.1, -0.05) is 24.3 Å². The number of nitro groups is 2. The minimum absolute atomic E-state index is 0.0731. The van der Waals surface area contributed by atoms with Gasteiger partial charge in [-0.15, -0.1) is 0 Å². The molecule has 0 aliphatic carbocycles. The fraction of sp³-hybridized carbons (Fsp3) is 0.257. The van der Waals surface area contributed by atoms with Crippen molar-refractivity contribution in [1.82, 2.24) is 0 Å². The largest absolute Gasteiger partial charge is 0.366 e. The summed E-state index contributed by atoms with van der Waals surface area (Å²) < 4.78 is 0. The number of hydrogen-bond donors (Lipinski definition) is 2. The van der Waals surface area contributed by atoms with E-state index in [4.69, 9.17) is 0 Å². The Kier molecular flexibility index (Phi) is 9.09. The summed E-state index contributed by atoms with van der Waals surface area (Å²) in [7, 11) is 0. The quantitative estimate of drug-likeness (QED) is 0.143. The molecule has 2 N–H and O–H groups in total. The van der Waals surface area contributed by atoms with E-state index < -0.39 is 21.7 Å². The molecule has 2 amide bonds. The zero-order valence-electron chi connectivity index (χ0n) is 25.7. The van der Waals surface area contributed by atoms with Gasteiger partial charge in [0.15, 0.2) is 0 Å². The van der Waals surface area contributed by atoms with Gasteiger partial charge in [0.2, 0.25) is 0 Å². The van der Waals surface area contributed by atoms with E-state index in [1.165, 1.54) is 12.1 Å². The summed E-state index contributed by atoms with van der Waals surface area (Å²) in [5.74, 6) is -0.854. The van der Waals surface area contributed by atoms with Crippen molar-refractivity contribution >= 4 is 45.9 Å². The number of nitrogens with zero attached hydrogens (tertiary/aromatic N) is 4. The van der Waals surface area contributed by atoms with E-state index in [0.29, 0.717) is 29.2 Å². The minimum Gasteiger partial charge on any atom is -0.366 e. The molecule has 6 rings (SSSR count). The van der Waals surface area contributed by atoms with Gasteiger partial charge in [-0.3, -0.25) is 29.8 Å². The molecule has 0 atom stereocenters. The molecule has 0 bridgehead atoms. The van der Waals surface area contributed by atoms with Gasteiger partial charge >= 0.3 is 0 Å². The third-order valence-corrected chi connectivity index (χ3v) is 8.59. The summed E-state index contributed by atoms with van der Waals surface area (Å²) in [5.41, 5.74) is 4.49. The second-order valence-electron chi connectivity index (χ2n) is 11.8. The van der Waals surface area contributed by atoms with E-state index >= 15 is 0 Å². The van der Waals surface area contributed by atoms with Gasteiger partial charge in [0, 0.05) is 60.8 Å². The lowest BCUT2D eigenvalue weighted by Gasteiger charge is -2.17. The van der Waals surface area contributed by atoms with E-state index in [0.717, 1.165) is 63.0 Å². The maximum atomic E-state index is 12.9. The van der Waals surface area contributed by atoms with Gasteiger partial charge in [-0.2, -0.15) is 0 Å². The number of anilines is 4. The van der Waals surface area contributed by atoms with Crippen LogP contribution >= 0.6 is 0 Å². The average Bonchev–Trinajstić information content (AvgIpc) is 3.82. The Morgan fingerprint density at radius 3 is 1.28 bits per heavy atom. The van der Waals surface area contributed by atoms with Crippen LogP contribution in [0.3, 0.4) is 0 Å². The highest BCUT2D eigenvalue weighted by molar-refractivity contribution is 6.06. The van der Waals surface area contributed by atoms with Gasteiger partial charge in [-0.05, 0) is 91.8 Å². The Morgan fingerprint density at radius 2 is 0.936 bits per heavy atom. The fourth-order valence-corrected chi connectivity index (χ4v) is 6.13. The lowest BCUT2D eigenvalue weighted by Crippen LogP contribution is -2.19. The van der Waals surface area contributed by atoms with Crippen LogP contribution in [0.5, 0.6) is 0 Å². The summed E-state index contributed by atoms with van der Waals surface area (Å²) in [6, 6.07) is 23.9. The zero-order valence-corrected chi connectivity index (χ0v) is 25.7. The molecule has 0 spiro atoms. The molecular formula is C35H34N6O6. The minimum atomic E-state index is -0.443. The number of benzene rings is 4. The number of amides is 2. The average molecular weight is 635 g/mol. The van der Waals surface area contributed by atoms with Crippen LogP contribution < -0.4 is 20.4 Å². The maximum Gasteiger partial charge on any atom is 0.293 e. The van der Waals surface area contributed by atoms with Crippen LogP contribution in [-0.4, -0.2) is 47.8 Å². The molecule has 12 heteroatoms. The van der Waals surface area contributed by atoms with Crippen LogP contribution in [0.2, 0.25) is 0 Å². The Hall–Kier alpha value is -5.78. The Balaban J connectivity index is 1.05. The van der Waals surface area contributed by atoms with Crippen molar-refractivity contribution in [2.75, 3.05) is 46.6 Å². The Morgan fingerprint density at radius 1 is 0.574 bits per heavy atom. The molecule has 2 heterocycles. The molecule has 0 unspecified atom stereocenters. The first-order chi connectivity index (χ1) is 22.7. The van der Waals surface area contributed by atoms with Crippen LogP contribution in [0.25, 0.3) is 0 Å². The number of nitrogens with one attached hydrogen (secondary N) is 2. The van der Waals surface area contributed by atoms with E-state index in [1.54, 1.807) is 48.5 Å². The maximum absolute atomic E-state index is 12.9. The predicted octanol–water partition coefficient (Wildman–Crippen LogP) is 6.80. The number of hydrogen-bond acceptors (Lipinski definition) is 8. The smallest absolute Gasteiger partial charge is 0.293 e.